The van der Waals surface area contributed by atoms with Gasteiger partial charge in [0.05, 0.1) is 16.7 Å². The lowest BCUT2D eigenvalue weighted by molar-refractivity contribution is 0.304. The molecule has 3 heteroatoms. The van der Waals surface area contributed by atoms with E-state index >= 15 is 0 Å². The van der Waals surface area contributed by atoms with Gasteiger partial charge in [-0.15, -0.1) is 0 Å². The van der Waals surface area contributed by atoms with Crippen molar-refractivity contribution in [2.75, 3.05) is 0 Å². The summed E-state index contributed by atoms with van der Waals surface area (Å²) in [6.45, 7) is 5.35. The van der Waals surface area contributed by atoms with E-state index in [1.54, 1.807) is 0 Å². The molecule has 1 heterocycles. The fourth-order valence-corrected chi connectivity index (χ4v) is 4.50. The first-order valence-electron chi connectivity index (χ1n) is 10.5. The molecule has 1 saturated carbocycles. The van der Waals surface area contributed by atoms with Gasteiger partial charge in [-0.25, -0.2) is 4.98 Å². The van der Waals surface area contributed by atoms with Crippen LogP contribution in [0.4, 0.5) is 0 Å². The first kappa shape index (κ1) is 18.2. The van der Waals surface area contributed by atoms with Gasteiger partial charge in [0.25, 0.3) is 0 Å². The second-order valence-corrected chi connectivity index (χ2v) is 8.26. The van der Waals surface area contributed by atoms with Gasteiger partial charge in [-0.1, -0.05) is 56.4 Å². The van der Waals surface area contributed by atoms with Crippen LogP contribution in [-0.2, 0) is 6.54 Å². The Labute approximate surface area is 162 Å². The van der Waals surface area contributed by atoms with Crippen molar-refractivity contribution in [1.29, 1.82) is 0 Å². The van der Waals surface area contributed by atoms with Crippen molar-refractivity contribution in [2.24, 2.45) is 5.92 Å². The highest BCUT2D eigenvalue weighted by molar-refractivity contribution is 5.78. The smallest absolute Gasteiger partial charge is 0.100 e. The van der Waals surface area contributed by atoms with Crippen LogP contribution in [0.1, 0.15) is 56.6 Å². The molecule has 0 radical (unpaired) electrons. The Morgan fingerprint density at radius 1 is 1.11 bits per heavy atom. The maximum absolute atomic E-state index is 4.61. The highest BCUT2D eigenvalue weighted by atomic mass is 15.1. The molecule has 0 bridgehead atoms. The number of aromatic nitrogens is 2. The van der Waals surface area contributed by atoms with E-state index in [1.807, 2.05) is 6.33 Å². The third kappa shape index (κ3) is 4.24. The van der Waals surface area contributed by atoms with Gasteiger partial charge in [0.1, 0.15) is 6.33 Å². The third-order valence-corrected chi connectivity index (χ3v) is 6.01. The van der Waals surface area contributed by atoms with E-state index in [0.29, 0.717) is 6.04 Å². The van der Waals surface area contributed by atoms with Gasteiger partial charge >= 0.3 is 0 Å². The quantitative estimate of drug-likeness (QED) is 0.603. The molecule has 0 amide bonds. The summed E-state index contributed by atoms with van der Waals surface area (Å²) < 4.78 is 2.22. The van der Waals surface area contributed by atoms with E-state index in [4.69, 9.17) is 0 Å². The molecule has 0 saturated heterocycles. The van der Waals surface area contributed by atoms with Gasteiger partial charge in [0.15, 0.2) is 0 Å². The first-order valence-corrected chi connectivity index (χ1v) is 10.5. The average Bonchev–Trinajstić information content (AvgIpc) is 3.10. The van der Waals surface area contributed by atoms with Crippen molar-refractivity contribution >= 4 is 11.0 Å². The minimum absolute atomic E-state index is 0.559. The molecule has 1 fully saturated rings. The van der Waals surface area contributed by atoms with Crippen molar-refractivity contribution in [3.05, 3.63) is 59.9 Å². The number of rotatable bonds is 6. The van der Waals surface area contributed by atoms with E-state index in [9.17, 15) is 0 Å². The summed E-state index contributed by atoms with van der Waals surface area (Å²) in [4.78, 5) is 4.61. The largest absolute Gasteiger partial charge is 0.310 e. The number of hydrogen-bond donors (Lipinski definition) is 1. The lowest BCUT2D eigenvalue weighted by Gasteiger charge is -2.25. The summed E-state index contributed by atoms with van der Waals surface area (Å²) in [6.07, 6.45) is 10.4. The molecule has 1 N–H and O–H groups in total. The number of fused-ring (bicyclic) bond motifs is 1. The molecule has 1 atom stereocenters. The Kier molecular flexibility index (Phi) is 5.58. The zero-order valence-electron chi connectivity index (χ0n) is 16.6. The van der Waals surface area contributed by atoms with Crippen molar-refractivity contribution in [1.82, 2.24) is 14.9 Å². The van der Waals surface area contributed by atoms with E-state index < -0.39 is 0 Å². The second-order valence-electron chi connectivity index (χ2n) is 8.26. The molecule has 3 nitrogen and oxygen atoms in total. The van der Waals surface area contributed by atoms with Crippen LogP contribution in [0.15, 0.2) is 48.8 Å². The maximum Gasteiger partial charge on any atom is 0.100 e. The van der Waals surface area contributed by atoms with Crippen LogP contribution in [0.25, 0.3) is 16.7 Å². The van der Waals surface area contributed by atoms with Crippen molar-refractivity contribution in [2.45, 2.75) is 65.0 Å². The minimum atomic E-state index is 0.559. The van der Waals surface area contributed by atoms with Gasteiger partial charge in [0.2, 0.25) is 0 Å². The van der Waals surface area contributed by atoms with E-state index in [1.165, 1.54) is 60.9 Å². The van der Waals surface area contributed by atoms with E-state index in [-0.39, 0.29) is 0 Å². The molecule has 1 aliphatic carbocycles. The van der Waals surface area contributed by atoms with Crippen LogP contribution in [0, 0.1) is 12.8 Å². The zero-order valence-corrected chi connectivity index (χ0v) is 16.6. The predicted molar refractivity (Wildman–Crippen MR) is 113 cm³/mol. The van der Waals surface area contributed by atoms with Crippen LogP contribution < -0.4 is 5.32 Å². The lowest BCUT2D eigenvalue weighted by Crippen LogP contribution is -2.29. The normalized spacial score (nSPS) is 16.7. The standard InChI is InChI=1S/C24H31N3/c1-18-12-13-24-22(14-18)26-17-27(24)23-11-7-6-10-21(23)16-25-19(2)15-20-8-4-3-5-9-20/h6-7,10-14,17,19-20,25H,3-5,8-9,15-16H2,1-2H3. The number of nitrogens with zero attached hydrogens (tertiary/aromatic N) is 2. The number of hydrogen-bond acceptors (Lipinski definition) is 2. The Hall–Kier alpha value is -2.13. The molecule has 1 aliphatic rings. The molecule has 1 unspecified atom stereocenters. The highest BCUT2D eigenvalue weighted by Gasteiger charge is 2.16. The summed E-state index contributed by atoms with van der Waals surface area (Å²) in [7, 11) is 0. The number of benzene rings is 2. The molecule has 1 aromatic heterocycles. The van der Waals surface area contributed by atoms with Crippen molar-refractivity contribution in [3.63, 3.8) is 0 Å². The van der Waals surface area contributed by atoms with Gasteiger partial charge in [-0.2, -0.15) is 0 Å². The summed E-state index contributed by atoms with van der Waals surface area (Å²) in [5, 5.41) is 3.77. The third-order valence-electron chi connectivity index (χ3n) is 6.01. The molecule has 0 aliphatic heterocycles. The molecule has 27 heavy (non-hydrogen) atoms. The molecular weight excluding hydrogens is 330 g/mol. The topological polar surface area (TPSA) is 29.9 Å². The number of para-hydroxylation sites is 1. The molecule has 4 rings (SSSR count). The van der Waals surface area contributed by atoms with Gasteiger partial charge in [-0.3, -0.25) is 4.57 Å². The summed E-state index contributed by atoms with van der Waals surface area (Å²) >= 11 is 0. The Balaban J connectivity index is 1.49. The fraction of sp³-hybridized carbons (Fsp3) is 0.458. The van der Waals surface area contributed by atoms with Gasteiger partial charge in [0, 0.05) is 12.6 Å². The predicted octanol–water partition coefficient (Wildman–Crippen LogP) is 5.78. The minimum Gasteiger partial charge on any atom is -0.310 e. The van der Waals surface area contributed by atoms with Gasteiger partial charge < -0.3 is 5.32 Å². The lowest BCUT2D eigenvalue weighted by atomic mass is 9.85. The molecule has 0 spiro atoms. The summed E-state index contributed by atoms with van der Waals surface area (Å²) in [5.41, 5.74) is 6.03. The monoisotopic (exact) mass is 361 g/mol. The fourth-order valence-electron chi connectivity index (χ4n) is 4.50. The van der Waals surface area contributed by atoms with Crippen molar-refractivity contribution < 1.29 is 0 Å². The second kappa shape index (κ2) is 8.26. The van der Waals surface area contributed by atoms with E-state index in [2.05, 4.69) is 71.2 Å². The van der Waals surface area contributed by atoms with Crippen LogP contribution >= 0.6 is 0 Å². The molecule has 142 valence electrons. The first-order chi connectivity index (χ1) is 13.2. The SMILES string of the molecule is Cc1ccc2c(c1)ncn2-c1ccccc1CNC(C)CC1CCCCC1. The van der Waals surface area contributed by atoms with Crippen LogP contribution in [0.2, 0.25) is 0 Å². The van der Waals surface area contributed by atoms with E-state index in [0.717, 1.165) is 18.0 Å². The Morgan fingerprint density at radius 2 is 1.93 bits per heavy atom. The molecule has 2 aromatic carbocycles. The van der Waals surface area contributed by atoms with Gasteiger partial charge in [-0.05, 0) is 55.5 Å². The molecule has 3 aromatic rings. The highest BCUT2D eigenvalue weighted by Crippen LogP contribution is 2.27. The summed E-state index contributed by atoms with van der Waals surface area (Å²) in [5.74, 6) is 0.914. The van der Waals surface area contributed by atoms with Crippen LogP contribution in [0.5, 0.6) is 0 Å². The van der Waals surface area contributed by atoms with Crippen LogP contribution in [-0.4, -0.2) is 15.6 Å². The maximum atomic E-state index is 4.61. The zero-order chi connectivity index (χ0) is 18.6. The number of aryl methyl sites for hydroxylation is 1. The Bertz CT molecular complexity index is 890. The average molecular weight is 362 g/mol. The van der Waals surface area contributed by atoms with Crippen LogP contribution in [0.3, 0.4) is 0 Å². The van der Waals surface area contributed by atoms with Crippen molar-refractivity contribution in [3.8, 4) is 5.69 Å². The summed E-state index contributed by atoms with van der Waals surface area (Å²) in [6, 6.07) is 15.7. The number of imidazole rings is 1. The molecular formula is C24H31N3. The Morgan fingerprint density at radius 3 is 2.78 bits per heavy atom. The number of nitrogens with one attached hydrogen (secondary N) is 1.